The van der Waals surface area contributed by atoms with Crippen molar-refractivity contribution in [2.75, 3.05) is 10.6 Å². The summed E-state index contributed by atoms with van der Waals surface area (Å²) >= 11 is 0. The molecule has 1 amide bonds. The van der Waals surface area contributed by atoms with E-state index in [0.717, 1.165) is 16.1 Å². The number of hydrogen-bond acceptors (Lipinski definition) is 4. The van der Waals surface area contributed by atoms with Gasteiger partial charge >= 0.3 is 0 Å². The predicted octanol–water partition coefficient (Wildman–Crippen LogP) is 1.75. The molecule has 0 saturated heterocycles. The molecular weight excluding hydrogens is 304 g/mol. The van der Waals surface area contributed by atoms with Crippen LogP contribution in [-0.4, -0.2) is 26.6 Å². The number of nitrogens with one attached hydrogen (secondary N) is 1. The van der Waals surface area contributed by atoms with Gasteiger partial charge in [-0.25, -0.2) is 8.42 Å². The van der Waals surface area contributed by atoms with Crippen LogP contribution in [0.1, 0.15) is 12.5 Å². The molecule has 7 heteroatoms. The fourth-order valence-corrected chi connectivity index (χ4v) is 3.29. The molecule has 0 radical (unpaired) electrons. The zero-order valence-electron chi connectivity index (χ0n) is 12.4. The van der Waals surface area contributed by atoms with E-state index in [0.29, 0.717) is 5.69 Å². The van der Waals surface area contributed by atoms with E-state index < -0.39 is 16.1 Å². The Balaban J connectivity index is 2.15. The number of amides is 1. The Bertz CT molecular complexity index is 711. The van der Waals surface area contributed by atoms with E-state index in [9.17, 15) is 13.2 Å². The summed E-state index contributed by atoms with van der Waals surface area (Å²) in [6, 6.07) is 9.42. The number of rotatable bonds is 6. The number of nitrogens with zero attached hydrogens (tertiary/aromatic N) is 1. The van der Waals surface area contributed by atoms with Crippen LogP contribution in [0.5, 0.6) is 0 Å². The van der Waals surface area contributed by atoms with Gasteiger partial charge in [-0.1, -0.05) is 18.2 Å². The molecule has 0 bridgehead atoms. The Kier molecular flexibility index (Phi) is 4.87. The van der Waals surface area contributed by atoms with Crippen molar-refractivity contribution in [1.82, 2.24) is 5.32 Å². The van der Waals surface area contributed by atoms with Crippen LogP contribution in [0.3, 0.4) is 0 Å². The molecule has 0 unspecified atom stereocenters. The summed E-state index contributed by atoms with van der Waals surface area (Å²) in [5, 5.41) is 2.70. The van der Waals surface area contributed by atoms with E-state index in [4.69, 9.17) is 4.42 Å². The summed E-state index contributed by atoms with van der Waals surface area (Å²) in [6.45, 7) is 1.84. The van der Waals surface area contributed by atoms with E-state index in [1.165, 1.54) is 12.5 Å². The molecule has 1 atom stereocenters. The lowest BCUT2D eigenvalue weighted by Gasteiger charge is -2.28. The zero-order chi connectivity index (χ0) is 16.2. The third kappa shape index (κ3) is 3.88. The van der Waals surface area contributed by atoms with Gasteiger partial charge in [0.15, 0.2) is 0 Å². The molecule has 0 spiro atoms. The number of furan rings is 1. The highest BCUT2D eigenvalue weighted by Gasteiger charge is 2.28. The third-order valence-corrected chi connectivity index (χ3v) is 4.39. The van der Waals surface area contributed by atoms with E-state index in [-0.39, 0.29) is 12.5 Å². The van der Waals surface area contributed by atoms with Crippen LogP contribution in [0, 0.1) is 0 Å². The zero-order valence-corrected chi connectivity index (χ0v) is 13.2. The van der Waals surface area contributed by atoms with Gasteiger partial charge in [0.1, 0.15) is 6.04 Å². The average Bonchev–Trinajstić information content (AvgIpc) is 2.97. The summed E-state index contributed by atoms with van der Waals surface area (Å²) in [7, 11) is -3.58. The third-order valence-electron chi connectivity index (χ3n) is 3.15. The smallest absolute Gasteiger partial charge is 0.243 e. The molecule has 1 aromatic carbocycles. The SMILES string of the molecule is C[C@@H](C(=O)NCc1ccoc1)N(c1ccccc1)S(C)(=O)=O. The van der Waals surface area contributed by atoms with Crippen molar-refractivity contribution in [2.24, 2.45) is 0 Å². The quantitative estimate of drug-likeness (QED) is 0.879. The maximum Gasteiger partial charge on any atom is 0.243 e. The second-order valence-corrected chi connectivity index (χ2v) is 6.78. The van der Waals surface area contributed by atoms with Crippen LogP contribution in [0.2, 0.25) is 0 Å². The van der Waals surface area contributed by atoms with Gasteiger partial charge in [-0.15, -0.1) is 0 Å². The molecule has 0 aliphatic carbocycles. The molecule has 6 nitrogen and oxygen atoms in total. The molecule has 0 saturated carbocycles. The first-order valence-electron chi connectivity index (χ1n) is 6.73. The van der Waals surface area contributed by atoms with Crippen molar-refractivity contribution >= 4 is 21.6 Å². The van der Waals surface area contributed by atoms with E-state index >= 15 is 0 Å². The van der Waals surface area contributed by atoms with E-state index in [1.54, 1.807) is 43.3 Å². The monoisotopic (exact) mass is 322 g/mol. The first kappa shape index (κ1) is 16.1. The minimum Gasteiger partial charge on any atom is -0.472 e. The largest absolute Gasteiger partial charge is 0.472 e. The lowest BCUT2D eigenvalue weighted by Crippen LogP contribution is -2.47. The molecule has 2 aromatic rings. The number of benzene rings is 1. The highest BCUT2D eigenvalue weighted by molar-refractivity contribution is 7.92. The van der Waals surface area contributed by atoms with Crippen molar-refractivity contribution < 1.29 is 17.6 Å². The maximum absolute atomic E-state index is 12.3. The van der Waals surface area contributed by atoms with Gasteiger partial charge in [-0.2, -0.15) is 0 Å². The molecule has 22 heavy (non-hydrogen) atoms. The number of para-hydroxylation sites is 1. The number of sulfonamides is 1. The number of carbonyl (C=O) groups excluding carboxylic acids is 1. The highest BCUT2D eigenvalue weighted by atomic mass is 32.2. The molecular formula is C15H18N2O4S. The van der Waals surface area contributed by atoms with E-state index in [2.05, 4.69) is 5.32 Å². The highest BCUT2D eigenvalue weighted by Crippen LogP contribution is 2.20. The molecule has 0 aliphatic rings. The van der Waals surface area contributed by atoms with Crippen molar-refractivity contribution in [3.8, 4) is 0 Å². The lowest BCUT2D eigenvalue weighted by molar-refractivity contribution is -0.122. The topological polar surface area (TPSA) is 79.6 Å². The van der Waals surface area contributed by atoms with Gasteiger partial charge in [-0.05, 0) is 25.1 Å². The lowest BCUT2D eigenvalue weighted by atomic mass is 10.2. The van der Waals surface area contributed by atoms with Gasteiger partial charge in [0, 0.05) is 12.1 Å². The molecule has 2 rings (SSSR count). The summed E-state index contributed by atoms with van der Waals surface area (Å²) < 4.78 is 30.1. The van der Waals surface area contributed by atoms with Crippen LogP contribution in [0.15, 0.2) is 53.3 Å². The Labute approximate surface area is 129 Å². The summed E-state index contributed by atoms with van der Waals surface area (Å²) in [5.41, 5.74) is 1.27. The molecule has 1 aromatic heterocycles. The molecule has 118 valence electrons. The van der Waals surface area contributed by atoms with Crippen molar-refractivity contribution in [2.45, 2.75) is 19.5 Å². The van der Waals surface area contributed by atoms with Crippen molar-refractivity contribution in [3.63, 3.8) is 0 Å². The van der Waals surface area contributed by atoms with Gasteiger partial charge in [-0.3, -0.25) is 9.10 Å². The van der Waals surface area contributed by atoms with Gasteiger partial charge in [0.25, 0.3) is 0 Å². The maximum atomic E-state index is 12.3. The summed E-state index contributed by atoms with van der Waals surface area (Å²) in [4.78, 5) is 12.3. The van der Waals surface area contributed by atoms with Gasteiger partial charge < -0.3 is 9.73 Å². The molecule has 1 heterocycles. The standard InChI is InChI=1S/C15H18N2O4S/c1-12(15(18)16-10-13-8-9-21-11-13)17(22(2,19)20)14-6-4-3-5-7-14/h3-9,11-12H,10H2,1-2H3,(H,16,18)/t12-/m0/s1. The van der Waals surface area contributed by atoms with Crippen LogP contribution < -0.4 is 9.62 Å². The minimum atomic E-state index is -3.58. The first-order chi connectivity index (χ1) is 10.4. The Morgan fingerprint density at radius 2 is 1.95 bits per heavy atom. The first-order valence-corrected chi connectivity index (χ1v) is 8.57. The normalized spacial score (nSPS) is 12.6. The van der Waals surface area contributed by atoms with E-state index in [1.807, 2.05) is 0 Å². The number of carbonyl (C=O) groups is 1. The average molecular weight is 322 g/mol. The fourth-order valence-electron chi connectivity index (χ4n) is 2.11. The second-order valence-electron chi connectivity index (χ2n) is 4.92. The summed E-state index contributed by atoms with van der Waals surface area (Å²) in [6.07, 6.45) is 4.12. The van der Waals surface area contributed by atoms with Crippen molar-refractivity contribution in [3.05, 3.63) is 54.5 Å². The van der Waals surface area contributed by atoms with Crippen LogP contribution >= 0.6 is 0 Å². The predicted molar refractivity (Wildman–Crippen MR) is 83.8 cm³/mol. The molecule has 0 fully saturated rings. The second kappa shape index (κ2) is 6.65. The van der Waals surface area contributed by atoms with Gasteiger partial charge in [0.2, 0.25) is 15.9 Å². The molecule has 0 aliphatic heterocycles. The fraction of sp³-hybridized carbons (Fsp3) is 0.267. The Hall–Kier alpha value is -2.28. The van der Waals surface area contributed by atoms with Crippen LogP contribution in [-0.2, 0) is 21.4 Å². The van der Waals surface area contributed by atoms with Crippen LogP contribution in [0.25, 0.3) is 0 Å². The van der Waals surface area contributed by atoms with Gasteiger partial charge in [0.05, 0.1) is 24.5 Å². The summed E-state index contributed by atoms with van der Waals surface area (Å²) in [5.74, 6) is -0.379. The molecule has 1 N–H and O–H groups in total. The number of anilines is 1. The van der Waals surface area contributed by atoms with Crippen LogP contribution in [0.4, 0.5) is 5.69 Å². The minimum absolute atomic E-state index is 0.284. The van der Waals surface area contributed by atoms with Crippen molar-refractivity contribution in [1.29, 1.82) is 0 Å². The Morgan fingerprint density at radius 1 is 1.27 bits per heavy atom. The Morgan fingerprint density at radius 3 is 2.50 bits per heavy atom. The number of hydrogen-bond donors (Lipinski definition) is 1.